The van der Waals surface area contributed by atoms with Crippen LogP contribution in [0.1, 0.15) is 0 Å². The van der Waals surface area contributed by atoms with Crippen LogP contribution in [0.2, 0.25) is 0 Å². The lowest BCUT2D eigenvalue weighted by Crippen LogP contribution is -2.66. The van der Waals surface area contributed by atoms with Crippen molar-refractivity contribution in [3.05, 3.63) is 48.0 Å². The van der Waals surface area contributed by atoms with Crippen LogP contribution >= 0.6 is 11.8 Å². The van der Waals surface area contributed by atoms with Gasteiger partial charge in [-0.2, -0.15) is 87.1 Å². The summed E-state index contributed by atoms with van der Waals surface area (Å²) < 4.78 is 357. The van der Waals surface area contributed by atoms with Gasteiger partial charge in [0.05, 0.1) is 0 Å². The van der Waals surface area contributed by atoms with Gasteiger partial charge in [0.25, 0.3) is 19.7 Å². The summed E-state index contributed by atoms with van der Waals surface area (Å²) >= 11 is -0.267. The van der Waals surface area contributed by atoms with Crippen LogP contribution in [0, 0.1) is 11.6 Å². The Kier molecular flexibility index (Phi) is 11.3. The molecule has 0 aromatic heterocycles. The quantitative estimate of drug-likeness (QED) is 0.160. The van der Waals surface area contributed by atoms with Gasteiger partial charge in [-0.05, 0) is 36.4 Å². The molecule has 2 aromatic carbocycles. The van der Waals surface area contributed by atoms with E-state index in [4.69, 9.17) is 9.11 Å². The average Bonchev–Trinajstić information content (AvgIpc) is 2.94. The first-order chi connectivity index (χ1) is 23.0. The van der Waals surface area contributed by atoms with Crippen LogP contribution in [0.25, 0.3) is 0 Å². The topological polar surface area (TPSA) is 177 Å². The summed E-state index contributed by atoms with van der Waals surface area (Å²) in [5.41, 5.74) is 0. The molecule has 0 aliphatic rings. The molecule has 0 aliphatic carbocycles. The fourth-order valence-corrected chi connectivity index (χ4v) is 7.71. The zero-order valence-electron chi connectivity index (χ0n) is 23.5. The molecule has 2 rings (SSSR count). The van der Waals surface area contributed by atoms with Crippen LogP contribution in [0.5, 0.6) is 0 Å². The van der Waals surface area contributed by atoms with Crippen LogP contribution in [-0.2, 0) is 39.9 Å². The Balaban J connectivity index is 2.56. The Bertz CT molecular complexity index is 2080. The summed E-state index contributed by atoms with van der Waals surface area (Å²) in [7, 11) is -30.7. The summed E-state index contributed by atoms with van der Waals surface area (Å²) in [5, 5.41) is -30.1. The van der Waals surface area contributed by atoms with Crippen molar-refractivity contribution in [1.82, 2.24) is 0 Å². The van der Waals surface area contributed by atoms with Crippen molar-refractivity contribution >= 4 is 51.7 Å². The van der Waals surface area contributed by atoms with Crippen molar-refractivity contribution in [3.63, 3.8) is 0 Å². The molecule has 0 bridgehead atoms. The fraction of sp³-hybridized carbons (Fsp3) is 0.400. The molecular formula is C20H8F18O10S5. The molecular weight excluding hydrogens is 903 g/mol. The molecule has 53 heavy (non-hydrogen) atoms. The van der Waals surface area contributed by atoms with Gasteiger partial charge in [-0.1, -0.05) is 11.8 Å². The van der Waals surface area contributed by atoms with Gasteiger partial charge in [-0.3, -0.25) is 9.11 Å². The first-order valence-corrected chi connectivity index (χ1v) is 18.4. The predicted molar refractivity (Wildman–Crippen MR) is 134 cm³/mol. The highest BCUT2D eigenvalue weighted by atomic mass is 32.2. The lowest BCUT2D eigenvalue weighted by atomic mass is 10.2. The third kappa shape index (κ3) is 6.58. The van der Waals surface area contributed by atoms with Gasteiger partial charge < -0.3 is 0 Å². The molecule has 0 unspecified atom stereocenters. The van der Waals surface area contributed by atoms with Crippen molar-refractivity contribution in [2.75, 3.05) is 0 Å². The number of hydrogen-bond acceptors (Lipinski definition) is 9. The van der Waals surface area contributed by atoms with Crippen LogP contribution in [0.3, 0.4) is 0 Å². The molecule has 10 nitrogen and oxygen atoms in total. The Hall–Kier alpha value is -2.75. The van der Waals surface area contributed by atoms with Gasteiger partial charge in [0.2, 0.25) is 0 Å². The lowest BCUT2D eigenvalue weighted by molar-refractivity contribution is -0.326. The minimum Gasteiger partial charge on any atom is -0.281 e. The Morgan fingerprint density at radius 2 is 0.642 bits per heavy atom. The SMILES string of the molecule is O=S(=O)(O)C(F)(F)C(F)(F)C(F)(F)C(F)(F)S(=O)(=O)c1ccc(Sc2ccc(S(=O)(=O)C(F)(F)C(F)(F)C(F)(F)C(F)(F)S(=O)(=O)O)c(F)c2)cc1F. The fourth-order valence-electron chi connectivity index (χ4n) is 3.33. The summed E-state index contributed by atoms with van der Waals surface area (Å²) in [6.45, 7) is 0. The van der Waals surface area contributed by atoms with Gasteiger partial charge in [0.15, 0.2) is 0 Å². The summed E-state index contributed by atoms with van der Waals surface area (Å²) in [5.74, 6) is -37.2. The lowest BCUT2D eigenvalue weighted by Gasteiger charge is -2.34. The van der Waals surface area contributed by atoms with Gasteiger partial charge in [-0.15, -0.1) is 0 Å². The standard InChI is InChI=1S/C20H8F18O10S5/c21-9-5-7(1-3-11(9)50(39,40)17(31,32)13(23,24)15(27,28)19(35,36)52(43,44)45)49-8-2-4-12(10(22)6-8)51(41,42)18(33,34)14(25,26)16(29,30)20(37,38)53(46,47)48/h1-6H,(H,43,44,45)(H,46,47,48). The molecule has 0 heterocycles. The number of alkyl halides is 16. The minimum atomic E-state index is -7.98. The summed E-state index contributed by atoms with van der Waals surface area (Å²) in [6, 6.07) is -1.65. The second-order valence-corrected chi connectivity index (χ2v) is 17.6. The van der Waals surface area contributed by atoms with Crippen LogP contribution < -0.4 is 0 Å². The Morgan fingerprint density at radius 1 is 0.415 bits per heavy atom. The molecule has 0 aliphatic heterocycles. The number of benzene rings is 2. The van der Waals surface area contributed by atoms with Gasteiger partial charge in [0.1, 0.15) is 21.4 Å². The minimum absolute atomic E-state index is 0.0223. The van der Waals surface area contributed by atoms with E-state index in [9.17, 15) is 113 Å². The molecule has 0 saturated heterocycles. The normalized spacial score (nSPS) is 15.5. The Labute approximate surface area is 285 Å². The van der Waals surface area contributed by atoms with Crippen LogP contribution in [0.4, 0.5) is 79.0 Å². The van der Waals surface area contributed by atoms with Crippen molar-refractivity contribution in [2.45, 2.75) is 64.3 Å². The van der Waals surface area contributed by atoms with Crippen LogP contribution in [-0.4, -0.2) is 87.5 Å². The second-order valence-electron chi connectivity index (χ2n) is 9.61. The molecule has 2 aromatic rings. The van der Waals surface area contributed by atoms with Crippen molar-refractivity contribution in [1.29, 1.82) is 0 Å². The number of halogens is 18. The molecule has 0 spiro atoms. The van der Waals surface area contributed by atoms with E-state index in [0.717, 1.165) is 0 Å². The third-order valence-electron chi connectivity index (χ3n) is 6.20. The number of sulfone groups is 2. The maximum atomic E-state index is 14.6. The third-order valence-corrected chi connectivity index (χ3v) is 12.7. The van der Waals surface area contributed by atoms with E-state index in [1.54, 1.807) is 0 Å². The highest BCUT2D eigenvalue weighted by Gasteiger charge is 2.88. The second kappa shape index (κ2) is 12.9. The van der Waals surface area contributed by atoms with Crippen molar-refractivity contribution in [3.8, 4) is 0 Å². The number of hydrogen-bond donors (Lipinski definition) is 2. The van der Waals surface area contributed by atoms with E-state index in [-0.39, 0.29) is 36.0 Å². The van der Waals surface area contributed by atoms with E-state index < -0.39 is 128 Å². The largest absolute Gasteiger partial charge is 0.438 e. The van der Waals surface area contributed by atoms with Crippen molar-refractivity contribution < 1.29 is 122 Å². The first kappa shape index (κ1) is 46.4. The van der Waals surface area contributed by atoms with E-state index in [1.807, 2.05) is 0 Å². The maximum Gasteiger partial charge on any atom is 0.438 e. The zero-order chi connectivity index (χ0) is 42.4. The Morgan fingerprint density at radius 3 is 0.849 bits per heavy atom. The van der Waals surface area contributed by atoms with Crippen LogP contribution in [0.15, 0.2) is 56.0 Å². The van der Waals surface area contributed by atoms with E-state index in [2.05, 4.69) is 0 Å². The van der Waals surface area contributed by atoms with Crippen molar-refractivity contribution in [2.24, 2.45) is 0 Å². The van der Waals surface area contributed by atoms with Gasteiger partial charge in [0, 0.05) is 9.79 Å². The molecule has 2 N–H and O–H groups in total. The molecule has 33 heteroatoms. The molecule has 0 atom stereocenters. The first-order valence-electron chi connectivity index (χ1n) is 11.7. The zero-order valence-corrected chi connectivity index (χ0v) is 27.6. The smallest absolute Gasteiger partial charge is 0.281 e. The predicted octanol–water partition coefficient (Wildman–Crippen LogP) is 6.35. The average molecular weight is 911 g/mol. The van der Waals surface area contributed by atoms with E-state index in [1.165, 1.54) is 0 Å². The summed E-state index contributed by atoms with van der Waals surface area (Å²) in [6.07, 6.45) is 0. The molecule has 0 radical (unpaired) electrons. The monoisotopic (exact) mass is 910 g/mol. The van der Waals surface area contributed by atoms with Gasteiger partial charge >= 0.3 is 64.9 Å². The highest BCUT2D eigenvalue weighted by molar-refractivity contribution is 7.99. The maximum absolute atomic E-state index is 14.6. The molecule has 304 valence electrons. The highest BCUT2D eigenvalue weighted by Crippen LogP contribution is 2.58. The number of rotatable bonds is 14. The molecule has 0 amide bonds. The molecule has 0 saturated carbocycles. The van der Waals surface area contributed by atoms with E-state index >= 15 is 0 Å². The van der Waals surface area contributed by atoms with E-state index in [0.29, 0.717) is 0 Å². The summed E-state index contributed by atoms with van der Waals surface area (Å²) in [4.78, 5) is -7.44. The van der Waals surface area contributed by atoms with Gasteiger partial charge in [-0.25, -0.2) is 25.6 Å². The molecule has 0 fully saturated rings.